The highest BCUT2D eigenvalue weighted by molar-refractivity contribution is 5.85. The summed E-state index contributed by atoms with van der Waals surface area (Å²) in [6, 6.07) is 6.42. The number of aromatic nitrogens is 3. The Hall–Kier alpha value is -2.31. The molecule has 2 heterocycles. The van der Waals surface area contributed by atoms with Gasteiger partial charge in [-0.1, -0.05) is 13.0 Å². The smallest absolute Gasteiger partial charge is 0.165 e. The van der Waals surface area contributed by atoms with E-state index in [1.165, 1.54) is 11.3 Å². The van der Waals surface area contributed by atoms with Crippen molar-refractivity contribution in [1.29, 1.82) is 0 Å². The molecule has 0 radical (unpaired) electrons. The van der Waals surface area contributed by atoms with Gasteiger partial charge in [0.05, 0.1) is 25.5 Å². The van der Waals surface area contributed by atoms with E-state index in [2.05, 4.69) is 38.2 Å². The Labute approximate surface area is 184 Å². The minimum absolute atomic E-state index is 0. The third-order valence-corrected chi connectivity index (χ3v) is 5.87. The van der Waals surface area contributed by atoms with Crippen LogP contribution in [0.3, 0.4) is 0 Å². The molecule has 7 heteroatoms. The van der Waals surface area contributed by atoms with Crippen molar-refractivity contribution in [2.24, 2.45) is 0 Å². The molecule has 2 aromatic heterocycles. The lowest BCUT2D eigenvalue weighted by Gasteiger charge is -2.20. The van der Waals surface area contributed by atoms with Gasteiger partial charge < -0.3 is 14.8 Å². The molecule has 0 saturated carbocycles. The van der Waals surface area contributed by atoms with Gasteiger partial charge in [-0.05, 0) is 62.8 Å². The monoisotopic (exact) mass is 430 g/mol. The van der Waals surface area contributed by atoms with Gasteiger partial charge in [-0.3, -0.25) is 0 Å². The number of nitrogens with zero attached hydrogens (tertiary/aromatic N) is 3. The molecular weight excluding hydrogens is 400 g/mol. The van der Waals surface area contributed by atoms with Crippen molar-refractivity contribution in [2.75, 3.05) is 26.1 Å². The maximum absolute atomic E-state index is 5.41. The fraction of sp³-hybridized carbons (Fsp3) is 0.478. The fourth-order valence-corrected chi connectivity index (χ4v) is 4.30. The van der Waals surface area contributed by atoms with E-state index in [1.807, 2.05) is 10.6 Å². The van der Waals surface area contributed by atoms with Crippen molar-refractivity contribution in [3.8, 4) is 16.9 Å². The lowest BCUT2D eigenvalue weighted by Crippen LogP contribution is -2.26. The first-order valence-corrected chi connectivity index (χ1v) is 10.4. The summed E-state index contributed by atoms with van der Waals surface area (Å²) in [6.45, 7) is 7.02. The molecule has 0 bridgehead atoms. The van der Waals surface area contributed by atoms with E-state index in [-0.39, 0.29) is 18.4 Å². The van der Waals surface area contributed by atoms with Gasteiger partial charge in [0.1, 0.15) is 11.6 Å². The van der Waals surface area contributed by atoms with Crippen LogP contribution in [-0.2, 0) is 17.6 Å². The number of benzene rings is 1. The number of nitrogens with one attached hydrogen (secondary N) is 1. The van der Waals surface area contributed by atoms with Crippen molar-refractivity contribution in [2.45, 2.75) is 52.5 Å². The molecule has 3 aromatic rings. The molecule has 4 rings (SSSR count). The number of fused-ring (bicyclic) bond motifs is 2. The maximum atomic E-state index is 5.41. The molecular formula is C23H31ClN4O2. The van der Waals surface area contributed by atoms with Crippen molar-refractivity contribution < 1.29 is 9.47 Å². The highest BCUT2D eigenvalue weighted by atomic mass is 35.5. The van der Waals surface area contributed by atoms with Gasteiger partial charge in [-0.2, -0.15) is 9.61 Å². The van der Waals surface area contributed by atoms with E-state index >= 15 is 0 Å². The van der Waals surface area contributed by atoms with Gasteiger partial charge in [0.25, 0.3) is 0 Å². The average molecular weight is 431 g/mol. The molecule has 0 aliphatic heterocycles. The normalized spacial score (nSPS) is 13.8. The standard InChI is InChI=1S/C23H30N4O2.ClH/c1-6-16(13-28-4)24-22-19-8-7-9-20(19)25-23-21(15(3)26-27(22)23)18-11-10-17(29-5)12-14(18)2;/h10-12,16,24H,6-9,13H2,1-5H3;1H/t16-;/m0./s1. The van der Waals surface area contributed by atoms with Crippen LogP contribution in [0.2, 0.25) is 0 Å². The third kappa shape index (κ3) is 3.86. The molecule has 0 unspecified atom stereocenters. The van der Waals surface area contributed by atoms with Crippen LogP contribution in [0.4, 0.5) is 5.82 Å². The zero-order valence-corrected chi connectivity index (χ0v) is 19.2. The molecule has 1 atom stereocenters. The molecule has 162 valence electrons. The van der Waals surface area contributed by atoms with Gasteiger partial charge >= 0.3 is 0 Å². The largest absolute Gasteiger partial charge is 0.497 e. The predicted molar refractivity (Wildman–Crippen MR) is 123 cm³/mol. The summed E-state index contributed by atoms with van der Waals surface area (Å²) in [5.41, 5.74) is 7.81. The van der Waals surface area contributed by atoms with Gasteiger partial charge in [-0.15, -0.1) is 12.4 Å². The van der Waals surface area contributed by atoms with Gasteiger partial charge in [-0.25, -0.2) is 4.98 Å². The van der Waals surface area contributed by atoms with Crippen molar-refractivity contribution >= 4 is 23.9 Å². The molecule has 1 aliphatic carbocycles. The summed E-state index contributed by atoms with van der Waals surface area (Å²) < 4.78 is 12.8. The lowest BCUT2D eigenvalue weighted by molar-refractivity contribution is 0.184. The minimum Gasteiger partial charge on any atom is -0.497 e. The van der Waals surface area contributed by atoms with Crippen LogP contribution in [0.15, 0.2) is 18.2 Å². The van der Waals surface area contributed by atoms with Crippen LogP contribution < -0.4 is 10.1 Å². The van der Waals surface area contributed by atoms with Crippen LogP contribution in [0.25, 0.3) is 16.8 Å². The number of hydrogen-bond acceptors (Lipinski definition) is 5. The third-order valence-electron chi connectivity index (χ3n) is 5.87. The molecule has 1 aliphatic rings. The molecule has 6 nitrogen and oxygen atoms in total. The second-order valence-corrected chi connectivity index (χ2v) is 7.82. The first kappa shape index (κ1) is 22.4. The summed E-state index contributed by atoms with van der Waals surface area (Å²) in [5, 5.41) is 8.63. The van der Waals surface area contributed by atoms with Crippen LogP contribution >= 0.6 is 12.4 Å². The summed E-state index contributed by atoms with van der Waals surface area (Å²) >= 11 is 0. The Morgan fingerprint density at radius 1 is 1.20 bits per heavy atom. The lowest BCUT2D eigenvalue weighted by atomic mass is 10.0. The molecule has 0 saturated heterocycles. The number of ether oxygens (including phenoxy) is 2. The van der Waals surface area contributed by atoms with Gasteiger partial charge in [0.15, 0.2) is 5.65 Å². The van der Waals surface area contributed by atoms with Crippen molar-refractivity contribution in [3.63, 3.8) is 0 Å². The molecule has 0 spiro atoms. The van der Waals surface area contributed by atoms with E-state index < -0.39 is 0 Å². The number of aryl methyl sites for hydroxylation is 3. The number of anilines is 1. The quantitative estimate of drug-likeness (QED) is 0.585. The Morgan fingerprint density at radius 3 is 2.67 bits per heavy atom. The number of rotatable bonds is 7. The number of hydrogen-bond donors (Lipinski definition) is 1. The molecule has 0 fully saturated rings. The Morgan fingerprint density at radius 2 is 2.00 bits per heavy atom. The highest BCUT2D eigenvalue weighted by Crippen LogP contribution is 2.36. The fourth-order valence-electron chi connectivity index (χ4n) is 4.30. The molecule has 1 aromatic carbocycles. The zero-order chi connectivity index (χ0) is 20.5. The zero-order valence-electron chi connectivity index (χ0n) is 18.4. The van der Waals surface area contributed by atoms with E-state index in [0.29, 0.717) is 6.61 Å². The predicted octanol–water partition coefficient (Wildman–Crippen LogP) is 4.77. The van der Waals surface area contributed by atoms with Gasteiger partial charge in [0, 0.05) is 23.9 Å². The summed E-state index contributed by atoms with van der Waals surface area (Å²) in [7, 11) is 3.45. The van der Waals surface area contributed by atoms with E-state index in [4.69, 9.17) is 19.6 Å². The molecule has 30 heavy (non-hydrogen) atoms. The van der Waals surface area contributed by atoms with Crippen LogP contribution in [0.5, 0.6) is 5.75 Å². The van der Waals surface area contributed by atoms with Crippen molar-refractivity contribution in [3.05, 3.63) is 40.7 Å². The highest BCUT2D eigenvalue weighted by Gasteiger charge is 2.25. The Kier molecular flexibility index (Phi) is 6.88. The molecule has 0 amide bonds. The number of halogens is 1. The first-order chi connectivity index (χ1) is 14.1. The minimum atomic E-state index is 0. The maximum Gasteiger partial charge on any atom is 0.165 e. The van der Waals surface area contributed by atoms with E-state index in [0.717, 1.165) is 65.3 Å². The van der Waals surface area contributed by atoms with Crippen LogP contribution in [0.1, 0.15) is 42.3 Å². The summed E-state index contributed by atoms with van der Waals surface area (Å²) in [4.78, 5) is 5.07. The van der Waals surface area contributed by atoms with E-state index in [1.54, 1.807) is 14.2 Å². The average Bonchev–Trinajstić information content (AvgIpc) is 3.31. The summed E-state index contributed by atoms with van der Waals surface area (Å²) in [5.74, 6) is 1.94. The Bertz CT molecular complexity index is 1050. The summed E-state index contributed by atoms with van der Waals surface area (Å²) in [6.07, 6.45) is 4.19. The van der Waals surface area contributed by atoms with E-state index in [9.17, 15) is 0 Å². The Balaban J connectivity index is 0.00000256. The second-order valence-electron chi connectivity index (χ2n) is 7.82. The van der Waals surface area contributed by atoms with Gasteiger partial charge in [0.2, 0.25) is 0 Å². The van der Waals surface area contributed by atoms with Crippen LogP contribution in [-0.4, -0.2) is 41.5 Å². The van der Waals surface area contributed by atoms with Crippen molar-refractivity contribution in [1.82, 2.24) is 14.6 Å². The topological polar surface area (TPSA) is 60.7 Å². The first-order valence-electron chi connectivity index (χ1n) is 10.4. The van der Waals surface area contributed by atoms with Crippen LogP contribution in [0, 0.1) is 13.8 Å². The SMILES string of the molecule is CC[C@@H](COC)Nc1c2c(nc3c(-c4ccc(OC)cc4C)c(C)nn13)CCC2.Cl. The molecule has 1 N–H and O–H groups in total. The second kappa shape index (κ2) is 9.23. The number of methoxy groups -OCH3 is 2.